The molecule has 0 atom stereocenters. The molecule has 0 aliphatic carbocycles. The normalized spacial score (nSPS) is 10.5. The third-order valence-corrected chi connectivity index (χ3v) is 4.09. The lowest BCUT2D eigenvalue weighted by Gasteiger charge is -2.14. The van der Waals surface area contributed by atoms with Crippen LogP contribution in [-0.2, 0) is 11.9 Å². The van der Waals surface area contributed by atoms with E-state index in [2.05, 4.69) is 36.8 Å². The molecule has 0 amide bonds. The summed E-state index contributed by atoms with van der Waals surface area (Å²) in [5.74, 6) is 0.896. The van der Waals surface area contributed by atoms with Crippen LogP contribution in [-0.4, -0.2) is 4.98 Å². The lowest BCUT2D eigenvalue weighted by Crippen LogP contribution is -2.01. The minimum absolute atomic E-state index is 0.434. The minimum Gasteiger partial charge on any atom is -0.488 e. The molecule has 1 aromatic carbocycles. The molecule has 5 heteroatoms. The molecular weight excluding hydrogens is 393 g/mol. The highest BCUT2D eigenvalue weighted by Crippen LogP contribution is 2.30. The van der Waals surface area contributed by atoms with Gasteiger partial charge in [0, 0.05) is 33.3 Å². The highest BCUT2D eigenvalue weighted by atomic mass is 79.9. The van der Waals surface area contributed by atoms with Crippen LogP contribution >= 0.6 is 43.5 Å². The second-order valence-corrected chi connectivity index (χ2v) is 5.98. The molecule has 2 rings (SSSR count). The topological polar surface area (TPSA) is 22.1 Å². The van der Waals surface area contributed by atoms with E-state index in [0.29, 0.717) is 11.6 Å². The predicted octanol–water partition coefficient (Wildman–Crippen LogP) is 5.28. The molecule has 1 heterocycles. The average Bonchev–Trinajstić information content (AvgIpc) is 2.38. The molecule has 2 nitrogen and oxygen atoms in total. The average molecular weight is 406 g/mol. The van der Waals surface area contributed by atoms with E-state index in [0.717, 1.165) is 32.2 Å². The fraction of sp³-hybridized carbons (Fsp3) is 0.214. The molecule has 0 radical (unpaired) electrons. The first-order chi connectivity index (χ1) is 9.11. The van der Waals surface area contributed by atoms with Crippen LogP contribution in [0, 0.1) is 6.92 Å². The number of aryl methyl sites for hydroxylation is 1. The van der Waals surface area contributed by atoms with Gasteiger partial charge in [-0.1, -0.05) is 43.5 Å². The summed E-state index contributed by atoms with van der Waals surface area (Å²) in [6, 6.07) is 5.95. The molecule has 0 saturated carbocycles. The molecule has 0 aliphatic rings. The van der Waals surface area contributed by atoms with Crippen LogP contribution in [0.3, 0.4) is 0 Å². The highest BCUT2D eigenvalue weighted by Gasteiger charge is 2.09. The highest BCUT2D eigenvalue weighted by molar-refractivity contribution is 9.10. The number of hydrogen-bond acceptors (Lipinski definition) is 2. The largest absolute Gasteiger partial charge is 0.488 e. The van der Waals surface area contributed by atoms with Crippen LogP contribution < -0.4 is 4.74 Å². The number of aromatic nitrogens is 1. The first-order valence-electron chi connectivity index (χ1n) is 5.68. The van der Waals surface area contributed by atoms with Gasteiger partial charge < -0.3 is 4.74 Å². The molecule has 0 saturated heterocycles. The number of rotatable bonds is 4. The van der Waals surface area contributed by atoms with Gasteiger partial charge in [-0.25, -0.2) is 0 Å². The Labute approximate surface area is 134 Å². The third-order valence-electron chi connectivity index (χ3n) is 2.69. The Morgan fingerprint density at radius 3 is 2.79 bits per heavy atom. The molecule has 0 aliphatic heterocycles. The molecule has 0 spiro atoms. The van der Waals surface area contributed by atoms with E-state index in [1.807, 2.05) is 25.1 Å². The summed E-state index contributed by atoms with van der Waals surface area (Å²) in [6.45, 7) is 2.46. The second-order valence-electron chi connectivity index (χ2n) is 4.10. The zero-order valence-electron chi connectivity index (χ0n) is 10.3. The second kappa shape index (κ2) is 6.73. The van der Waals surface area contributed by atoms with Crippen molar-refractivity contribution in [2.75, 3.05) is 0 Å². The van der Waals surface area contributed by atoms with Gasteiger partial charge in [0.15, 0.2) is 0 Å². The van der Waals surface area contributed by atoms with Crippen LogP contribution in [0.1, 0.15) is 16.7 Å². The summed E-state index contributed by atoms with van der Waals surface area (Å²) in [4.78, 5) is 3.96. The van der Waals surface area contributed by atoms with Gasteiger partial charge in [0.2, 0.25) is 0 Å². The molecule has 1 aromatic heterocycles. The van der Waals surface area contributed by atoms with Crippen molar-refractivity contribution in [3.05, 3.63) is 56.8 Å². The molecule has 0 fully saturated rings. The van der Waals surface area contributed by atoms with Crippen LogP contribution in [0.25, 0.3) is 0 Å². The van der Waals surface area contributed by atoms with E-state index in [9.17, 15) is 0 Å². The van der Waals surface area contributed by atoms with Crippen molar-refractivity contribution < 1.29 is 4.74 Å². The molecule has 0 bridgehead atoms. The lowest BCUT2D eigenvalue weighted by atomic mass is 10.1. The first kappa shape index (κ1) is 14.8. The Morgan fingerprint density at radius 2 is 2.11 bits per heavy atom. The number of hydrogen-bond donors (Lipinski definition) is 0. The van der Waals surface area contributed by atoms with Crippen molar-refractivity contribution in [3.8, 4) is 5.75 Å². The Kier molecular flexibility index (Phi) is 5.25. The van der Waals surface area contributed by atoms with Gasteiger partial charge >= 0.3 is 0 Å². The van der Waals surface area contributed by atoms with E-state index in [1.54, 1.807) is 12.4 Å². The van der Waals surface area contributed by atoms with Crippen molar-refractivity contribution in [2.24, 2.45) is 0 Å². The fourth-order valence-electron chi connectivity index (χ4n) is 1.78. The van der Waals surface area contributed by atoms with Crippen LogP contribution in [0.2, 0.25) is 5.02 Å². The van der Waals surface area contributed by atoms with E-state index in [4.69, 9.17) is 16.3 Å². The summed E-state index contributed by atoms with van der Waals surface area (Å²) < 4.78 is 6.97. The van der Waals surface area contributed by atoms with Crippen molar-refractivity contribution in [1.82, 2.24) is 4.98 Å². The van der Waals surface area contributed by atoms with E-state index >= 15 is 0 Å². The molecule has 2 aromatic rings. The molecule has 0 unspecified atom stereocenters. The van der Waals surface area contributed by atoms with Gasteiger partial charge in [0.05, 0.1) is 5.02 Å². The summed E-state index contributed by atoms with van der Waals surface area (Å²) in [5.41, 5.74) is 3.13. The van der Waals surface area contributed by atoms with Crippen LogP contribution in [0.5, 0.6) is 5.75 Å². The fourth-order valence-corrected chi connectivity index (χ4v) is 2.99. The van der Waals surface area contributed by atoms with Crippen molar-refractivity contribution in [3.63, 3.8) is 0 Å². The zero-order chi connectivity index (χ0) is 13.8. The molecule has 0 N–H and O–H groups in total. The standard InChI is InChI=1S/C14H12Br2ClNO/c1-9-4-12(16)5-11(6-15)14(9)19-8-10-2-3-18-7-13(10)17/h2-5,7H,6,8H2,1H3. The summed E-state index contributed by atoms with van der Waals surface area (Å²) in [6.07, 6.45) is 3.34. The van der Waals surface area contributed by atoms with Gasteiger partial charge in [-0.2, -0.15) is 0 Å². The van der Waals surface area contributed by atoms with Crippen molar-refractivity contribution in [2.45, 2.75) is 18.9 Å². The Morgan fingerprint density at radius 1 is 1.32 bits per heavy atom. The summed E-state index contributed by atoms with van der Waals surface area (Å²) >= 11 is 13.0. The summed E-state index contributed by atoms with van der Waals surface area (Å²) in [7, 11) is 0. The monoisotopic (exact) mass is 403 g/mol. The third kappa shape index (κ3) is 3.71. The number of alkyl halides is 1. The Bertz CT molecular complexity index is 590. The van der Waals surface area contributed by atoms with E-state index in [1.165, 1.54) is 0 Å². The zero-order valence-corrected chi connectivity index (χ0v) is 14.2. The molecule has 100 valence electrons. The van der Waals surface area contributed by atoms with Gasteiger partial charge in [-0.3, -0.25) is 4.98 Å². The number of benzene rings is 1. The maximum atomic E-state index is 6.07. The Hall–Kier alpha value is -0.580. The van der Waals surface area contributed by atoms with Gasteiger partial charge in [-0.05, 0) is 30.7 Å². The van der Waals surface area contributed by atoms with E-state index in [-0.39, 0.29) is 0 Å². The van der Waals surface area contributed by atoms with Gasteiger partial charge in [-0.15, -0.1) is 0 Å². The number of nitrogens with zero attached hydrogens (tertiary/aromatic N) is 1. The van der Waals surface area contributed by atoms with E-state index < -0.39 is 0 Å². The van der Waals surface area contributed by atoms with Crippen molar-refractivity contribution >= 4 is 43.5 Å². The lowest BCUT2D eigenvalue weighted by molar-refractivity contribution is 0.301. The number of pyridine rings is 1. The smallest absolute Gasteiger partial charge is 0.126 e. The maximum Gasteiger partial charge on any atom is 0.126 e. The Balaban J connectivity index is 2.22. The maximum absolute atomic E-state index is 6.07. The van der Waals surface area contributed by atoms with Crippen molar-refractivity contribution in [1.29, 1.82) is 0 Å². The van der Waals surface area contributed by atoms with Crippen LogP contribution in [0.15, 0.2) is 35.1 Å². The SMILES string of the molecule is Cc1cc(Br)cc(CBr)c1OCc1ccncc1Cl. The molecule has 19 heavy (non-hydrogen) atoms. The van der Waals surface area contributed by atoms with Gasteiger partial charge in [0.1, 0.15) is 12.4 Å². The van der Waals surface area contributed by atoms with Crippen LogP contribution in [0.4, 0.5) is 0 Å². The predicted molar refractivity (Wildman–Crippen MR) is 85.1 cm³/mol. The summed E-state index contributed by atoms with van der Waals surface area (Å²) in [5, 5.41) is 1.37. The first-order valence-corrected chi connectivity index (χ1v) is 7.97. The van der Waals surface area contributed by atoms with Gasteiger partial charge in [0.25, 0.3) is 0 Å². The number of halogens is 3. The molecular formula is C14H12Br2ClNO. The number of ether oxygens (including phenoxy) is 1. The quantitative estimate of drug-likeness (QED) is 0.646. The minimum atomic E-state index is 0.434.